The molecule has 1 saturated heterocycles. The molecule has 1 fully saturated rings. The van der Waals surface area contributed by atoms with Gasteiger partial charge < -0.3 is 5.32 Å². The van der Waals surface area contributed by atoms with Crippen LogP contribution < -0.4 is 5.32 Å². The summed E-state index contributed by atoms with van der Waals surface area (Å²) in [5.74, 6) is 1.91. The summed E-state index contributed by atoms with van der Waals surface area (Å²) in [5, 5.41) is 3.67. The van der Waals surface area contributed by atoms with Gasteiger partial charge in [0, 0.05) is 12.0 Å². The van der Waals surface area contributed by atoms with E-state index in [0.717, 1.165) is 5.92 Å². The average Bonchev–Trinajstić information content (AvgIpc) is 2.49. The first-order valence-electron chi connectivity index (χ1n) is 8.14. The maximum atomic E-state index is 3.67. The van der Waals surface area contributed by atoms with Crippen LogP contribution in [0.2, 0.25) is 0 Å². The summed E-state index contributed by atoms with van der Waals surface area (Å²) in [6.07, 6.45) is 1.28. The Kier molecular flexibility index (Phi) is 4.40. The largest absolute Gasteiger partial charge is 0.313 e. The molecule has 1 aliphatic heterocycles. The normalized spacial score (nSPS) is 22.8. The Labute approximate surface area is 128 Å². The van der Waals surface area contributed by atoms with Crippen molar-refractivity contribution in [3.05, 3.63) is 71.8 Å². The predicted molar refractivity (Wildman–Crippen MR) is 89.5 cm³/mol. The fraction of sp³-hybridized carbons (Fsp3) is 0.400. The molecular formula is C20H25N. The molecule has 110 valence electrons. The van der Waals surface area contributed by atoms with E-state index in [9.17, 15) is 0 Å². The van der Waals surface area contributed by atoms with Crippen LogP contribution in [-0.2, 0) is 0 Å². The Bertz CT molecular complexity index is 507. The second kappa shape index (κ2) is 6.44. The molecule has 1 heterocycles. The van der Waals surface area contributed by atoms with Crippen LogP contribution in [0.15, 0.2) is 60.7 Å². The van der Waals surface area contributed by atoms with Crippen LogP contribution in [0.25, 0.3) is 0 Å². The van der Waals surface area contributed by atoms with Gasteiger partial charge in [-0.15, -0.1) is 0 Å². The molecule has 1 heteroatoms. The first-order valence-corrected chi connectivity index (χ1v) is 8.14. The van der Waals surface area contributed by atoms with Gasteiger partial charge in [0.25, 0.3) is 0 Å². The summed E-state index contributed by atoms with van der Waals surface area (Å²) in [5.41, 5.74) is 2.86. The van der Waals surface area contributed by atoms with Gasteiger partial charge in [0.15, 0.2) is 0 Å². The monoisotopic (exact) mass is 279 g/mol. The number of nitrogens with one attached hydrogen (secondary N) is 1. The highest BCUT2D eigenvalue weighted by molar-refractivity contribution is 5.33. The first-order chi connectivity index (χ1) is 10.3. The van der Waals surface area contributed by atoms with Crippen LogP contribution in [0.3, 0.4) is 0 Å². The summed E-state index contributed by atoms with van der Waals surface area (Å²) in [7, 11) is 0. The fourth-order valence-electron chi connectivity index (χ4n) is 3.76. The number of benzene rings is 2. The van der Waals surface area contributed by atoms with E-state index in [4.69, 9.17) is 0 Å². The van der Waals surface area contributed by atoms with E-state index in [0.29, 0.717) is 17.9 Å². The molecular weight excluding hydrogens is 254 g/mol. The topological polar surface area (TPSA) is 12.0 Å². The van der Waals surface area contributed by atoms with Gasteiger partial charge in [-0.1, -0.05) is 80.9 Å². The van der Waals surface area contributed by atoms with Gasteiger partial charge in [-0.2, -0.15) is 0 Å². The van der Waals surface area contributed by atoms with Crippen molar-refractivity contribution in [3.63, 3.8) is 0 Å². The molecule has 21 heavy (non-hydrogen) atoms. The van der Waals surface area contributed by atoms with E-state index in [1.807, 2.05) is 0 Å². The van der Waals surface area contributed by atoms with Crippen LogP contribution in [0.5, 0.6) is 0 Å². The maximum absolute atomic E-state index is 3.67. The van der Waals surface area contributed by atoms with Gasteiger partial charge in [-0.3, -0.25) is 0 Å². The van der Waals surface area contributed by atoms with Crippen LogP contribution >= 0.6 is 0 Å². The molecule has 0 bridgehead atoms. The van der Waals surface area contributed by atoms with E-state index >= 15 is 0 Å². The highest BCUT2D eigenvalue weighted by Crippen LogP contribution is 2.38. The molecule has 1 aliphatic rings. The SMILES string of the molecule is CCC1CNC1C(C)C(c1ccccc1)c1ccccc1. The molecule has 0 amide bonds. The van der Waals surface area contributed by atoms with Crippen molar-refractivity contribution in [2.45, 2.75) is 32.2 Å². The summed E-state index contributed by atoms with van der Waals surface area (Å²) < 4.78 is 0. The molecule has 2 aromatic rings. The Morgan fingerprint density at radius 2 is 1.48 bits per heavy atom. The number of rotatable bonds is 5. The lowest BCUT2D eigenvalue weighted by atomic mass is 9.71. The van der Waals surface area contributed by atoms with Gasteiger partial charge in [0.2, 0.25) is 0 Å². The minimum absolute atomic E-state index is 0.472. The lowest BCUT2D eigenvalue weighted by Crippen LogP contribution is -2.57. The van der Waals surface area contributed by atoms with Crippen molar-refractivity contribution in [1.82, 2.24) is 5.32 Å². The maximum Gasteiger partial charge on any atom is 0.0142 e. The summed E-state index contributed by atoms with van der Waals surface area (Å²) in [6.45, 7) is 5.90. The molecule has 3 unspecified atom stereocenters. The van der Waals surface area contributed by atoms with Crippen molar-refractivity contribution in [2.24, 2.45) is 11.8 Å². The fourth-order valence-corrected chi connectivity index (χ4v) is 3.76. The Morgan fingerprint density at radius 3 is 1.86 bits per heavy atom. The minimum Gasteiger partial charge on any atom is -0.313 e. The molecule has 0 aromatic heterocycles. The molecule has 2 aromatic carbocycles. The molecule has 0 radical (unpaired) electrons. The molecule has 3 atom stereocenters. The molecule has 1 nitrogen and oxygen atoms in total. The van der Waals surface area contributed by atoms with Gasteiger partial charge >= 0.3 is 0 Å². The van der Waals surface area contributed by atoms with Crippen molar-refractivity contribution < 1.29 is 0 Å². The first kappa shape index (κ1) is 14.3. The van der Waals surface area contributed by atoms with Crippen LogP contribution in [-0.4, -0.2) is 12.6 Å². The third-order valence-electron chi connectivity index (χ3n) is 5.06. The third kappa shape index (κ3) is 2.89. The van der Waals surface area contributed by atoms with Crippen LogP contribution in [0.4, 0.5) is 0 Å². The second-order valence-corrected chi connectivity index (χ2v) is 6.26. The zero-order chi connectivity index (χ0) is 14.7. The Hall–Kier alpha value is -1.60. The van der Waals surface area contributed by atoms with E-state index in [-0.39, 0.29) is 0 Å². The van der Waals surface area contributed by atoms with E-state index in [1.165, 1.54) is 24.1 Å². The van der Waals surface area contributed by atoms with Gasteiger partial charge in [-0.05, 0) is 29.5 Å². The number of hydrogen-bond acceptors (Lipinski definition) is 1. The van der Waals surface area contributed by atoms with Crippen LogP contribution in [0, 0.1) is 11.8 Å². The zero-order valence-electron chi connectivity index (χ0n) is 13.0. The van der Waals surface area contributed by atoms with E-state index in [1.54, 1.807) is 0 Å². The van der Waals surface area contributed by atoms with E-state index < -0.39 is 0 Å². The highest BCUT2D eigenvalue weighted by Gasteiger charge is 2.37. The Morgan fingerprint density at radius 1 is 0.952 bits per heavy atom. The minimum atomic E-state index is 0.472. The quantitative estimate of drug-likeness (QED) is 0.852. The van der Waals surface area contributed by atoms with Gasteiger partial charge in [0.05, 0.1) is 0 Å². The second-order valence-electron chi connectivity index (χ2n) is 6.26. The van der Waals surface area contributed by atoms with Gasteiger partial charge in [-0.25, -0.2) is 0 Å². The summed E-state index contributed by atoms with van der Waals surface area (Å²) in [4.78, 5) is 0. The van der Waals surface area contributed by atoms with Crippen LogP contribution in [0.1, 0.15) is 37.3 Å². The van der Waals surface area contributed by atoms with Crippen molar-refractivity contribution in [3.8, 4) is 0 Å². The van der Waals surface area contributed by atoms with E-state index in [2.05, 4.69) is 79.8 Å². The smallest absolute Gasteiger partial charge is 0.0142 e. The zero-order valence-corrected chi connectivity index (χ0v) is 13.0. The van der Waals surface area contributed by atoms with Crippen molar-refractivity contribution in [2.75, 3.05) is 6.54 Å². The highest BCUT2D eigenvalue weighted by atomic mass is 15.0. The molecule has 1 N–H and O–H groups in total. The molecule has 0 spiro atoms. The molecule has 0 saturated carbocycles. The summed E-state index contributed by atoms with van der Waals surface area (Å²) in [6, 6.07) is 22.6. The standard InChI is InChI=1S/C20H25N/c1-3-16-14-21-20(16)15(2)19(17-10-6-4-7-11-17)18-12-8-5-9-13-18/h4-13,15-16,19-21H,3,14H2,1-2H3. The third-order valence-corrected chi connectivity index (χ3v) is 5.06. The number of hydrogen-bond donors (Lipinski definition) is 1. The van der Waals surface area contributed by atoms with Crippen molar-refractivity contribution >= 4 is 0 Å². The van der Waals surface area contributed by atoms with Crippen molar-refractivity contribution in [1.29, 1.82) is 0 Å². The predicted octanol–water partition coefficient (Wildman–Crippen LogP) is 4.45. The lowest BCUT2D eigenvalue weighted by molar-refractivity contribution is 0.154. The lowest BCUT2D eigenvalue weighted by Gasteiger charge is -2.44. The average molecular weight is 279 g/mol. The molecule has 3 rings (SSSR count). The summed E-state index contributed by atoms with van der Waals surface area (Å²) >= 11 is 0. The molecule has 0 aliphatic carbocycles. The van der Waals surface area contributed by atoms with Gasteiger partial charge in [0.1, 0.15) is 0 Å². The Balaban J connectivity index is 1.93.